The van der Waals surface area contributed by atoms with Crippen LogP contribution in [0.3, 0.4) is 0 Å². The van der Waals surface area contributed by atoms with Gasteiger partial charge in [0.1, 0.15) is 0 Å². The number of hydrogen-bond acceptors (Lipinski definition) is 2. The van der Waals surface area contributed by atoms with Gasteiger partial charge < -0.3 is 10.8 Å². The summed E-state index contributed by atoms with van der Waals surface area (Å²) in [5.41, 5.74) is 8.85. The molecular weight excluding hydrogens is 326 g/mol. The summed E-state index contributed by atoms with van der Waals surface area (Å²) in [6, 6.07) is 2.02. The van der Waals surface area contributed by atoms with Gasteiger partial charge in [0, 0.05) is 21.6 Å². The number of benzene rings is 1. The second-order valence-corrected chi connectivity index (χ2v) is 4.69. The standard InChI is InChI=1S/C8H9Br2N.C2H4O2/c1-4-3-6(9)5(2)7(10)8(4)11;1-2(3)4/h3H,11H2,1-2H3;1H3,(H,3,4). The van der Waals surface area contributed by atoms with Crippen LogP contribution in [0.15, 0.2) is 15.0 Å². The van der Waals surface area contributed by atoms with Crippen molar-refractivity contribution in [2.45, 2.75) is 20.8 Å². The average molecular weight is 339 g/mol. The maximum atomic E-state index is 9.00. The molecule has 84 valence electrons. The van der Waals surface area contributed by atoms with Crippen molar-refractivity contribution in [3.63, 3.8) is 0 Å². The second-order valence-electron chi connectivity index (χ2n) is 3.05. The molecule has 0 radical (unpaired) electrons. The molecule has 3 N–H and O–H groups in total. The maximum absolute atomic E-state index is 9.00. The van der Waals surface area contributed by atoms with Crippen molar-refractivity contribution < 1.29 is 9.90 Å². The molecule has 5 heteroatoms. The van der Waals surface area contributed by atoms with Crippen LogP contribution in [-0.4, -0.2) is 11.1 Å². The van der Waals surface area contributed by atoms with Crippen molar-refractivity contribution in [2.24, 2.45) is 0 Å². The smallest absolute Gasteiger partial charge is 0.300 e. The van der Waals surface area contributed by atoms with E-state index in [0.29, 0.717) is 0 Å². The van der Waals surface area contributed by atoms with Gasteiger partial charge in [0.15, 0.2) is 0 Å². The van der Waals surface area contributed by atoms with Crippen molar-refractivity contribution >= 4 is 43.5 Å². The fourth-order valence-electron chi connectivity index (χ4n) is 0.856. The number of nitrogens with two attached hydrogens (primary N) is 1. The summed E-state index contributed by atoms with van der Waals surface area (Å²) in [7, 11) is 0. The van der Waals surface area contributed by atoms with Crippen LogP contribution in [0.4, 0.5) is 5.69 Å². The van der Waals surface area contributed by atoms with E-state index in [-0.39, 0.29) is 0 Å². The number of nitrogen functional groups attached to an aromatic ring is 1. The van der Waals surface area contributed by atoms with Gasteiger partial charge in [-0.15, -0.1) is 0 Å². The monoisotopic (exact) mass is 337 g/mol. The predicted octanol–water partition coefficient (Wildman–Crippen LogP) is 3.50. The number of carboxylic acid groups (broad SMARTS) is 1. The van der Waals surface area contributed by atoms with Crippen molar-refractivity contribution in [1.82, 2.24) is 0 Å². The first kappa shape index (κ1) is 14.5. The topological polar surface area (TPSA) is 63.3 Å². The number of halogens is 2. The molecule has 0 fully saturated rings. The summed E-state index contributed by atoms with van der Waals surface area (Å²) < 4.78 is 2.08. The number of aryl methyl sites for hydroxylation is 1. The molecule has 0 bridgehead atoms. The van der Waals surface area contributed by atoms with Crippen molar-refractivity contribution in [1.29, 1.82) is 0 Å². The zero-order valence-corrected chi connectivity index (χ0v) is 11.9. The summed E-state index contributed by atoms with van der Waals surface area (Å²) in [5, 5.41) is 7.42. The highest BCUT2D eigenvalue weighted by molar-refractivity contribution is 9.11. The minimum atomic E-state index is -0.833. The average Bonchev–Trinajstić information content (AvgIpc) is 2.11. The zero-order chi connectivity index (χ0) is 12.2. The number of rotatable bonds is 0. The summed E-state index contributed by atoms with van der Waals surface area (Å²) >= 11 is 6.87. The first-order valence-electron chi connectivity index (χ1n) is 4.17. The van der Waals surface area contributed by atoms with Gasteiger partial charge >= 0.3 is 0 Å². The molecule has 0 saturated heterocycles. The Morgan fingerprint density at radius 2 is 1.80 bits per heavy atom. The molecule has 0 aliphatic heterocycles. The Kier molecular flexibility index (Phi) is 5.90. The van der Waals surface area contributed by atoms with Crippen LogP contribution in [0.5, 0.6) is 0 Å². The van der Waals surface area contributed by atoms with Gasteiger partial charge in [-0.3, -0.25) is 4.79 Å². The lowest BCUT2D eigenvalue weighted by Gasteiger charge is -2.07. The largest absolute Gasteiger partial charge is 0.481 e. The highest BCUT2D eigenvalue weighted by Crippen LogP contribution is 2.32. The molecular formula is C10H13Br2NO2. The first-order chi connectivity index (χ1) is 6.77. The lowest BCUT2D eigenvalue weighted by atomic mass is 10.1. The third-order valence-electron chi connectivity index (χ3n) is 1.69. The molecule has 3 nitrogen and oxygen atoms in total. The number of carbonyl (C=O) groups is 1. The van der Waals surface area contributed by atoms with Crippen LogP contribution in [0.25, 0.3) is 0 Å². The van der Waals surface area contributed by atoms with E-state index in [4.69, 9.17) is 15.6 Å². The van der Waals surface area contributed by atoms with E-state index < -0.39 is 5.97 Å². The highest BCUT2D eigenvalue weighted by Gasteiger charge is 2.05. The fourth-order valence-corrected chi connectivity index (χ4v) is 2.19. The van der Waals surface area contributed by atoms with Gasteiger partial charge in [-0.25, -0.2) is 0 Å². The van der Waals surface area contributed by atoms with E-state index in [1.165, 1.54) is 0 Å². The minimum absolute atomic E-state index is 0.825. The molecule has 15 heavy (non-hydrogen) atoms. The Bertz CT molecular complexity index is 348. The first-order valence-corrected chi connectivity index (χ1v) is 5.76. The number of carboxylic acids is 1. The normalized spacial score (nSPS) is 9.13. The molecule has 0 aromatic heterocycles. The van der Waals surface area contributed by atoms with E-state index >= 15 is 0 Å². The Balaban J connectivity index is 0.000000423. The SMILES string of the molecule is CC(=O)O.Cc1cc(Br)c(C)c(Br)c1N. The Hall–Kier alpha value is -0.550. The van der Waals surface area contributed by atoms with Gasteiger partial charge in [-0.05, 0) is 47.0 Å². The van der Waals surface area contributed by atoms with Gasteiger partial charge in [0.2, 0.25) is 0 Å². The molecule has 1 rings (SSSR count). The fraction of sp³-hybridized carbons (Fsp3) is 0.300. The molecule has 0 aliphatic rings. The molecule has 0 atom stereocenters. The van der Waals surface area contributed by atoms with Crippen LogP contribution in [0.1, 0.15) is 18.1 Å². The maximum Gasteiger partial charge on any atom is 0.300 e. The summed E-state index contributed by atoms with van der Waals surface area (Å²) in [6.07, 6.45) is 0. The number of hydrogen-bond donors (Lipinski definition) is 2. The van der Waals surface area contributed by atoms with Gasteiger partial charge in [-0.2, -0.15) is 0 Å². The van der Waals surface area contributed by atoms with Crippen LogP contribution in [-0.2, 0) is 4.79 Å². The molecule has 0 unspecified atom stereocenters. The summed E-state index contributed by atoms with van der Waals surface area (Å²) in [6.45, 7) is 5.09. The van der Waals surface area contributed by atoms with Gasteiger partial charge in [0.05, 0.1) is 0 Å². The Morgan fingerprint density at radius 1 is 1.40 bits per heavy atom. The summed E-state index contributed by atoms with van der Waals surface area (Å²) in [4.78, 5) is 9.00. The second kappa shape index (κ2) is 6.12. The minimum Gasteiger partial charge on any atom is -0.481 e. The Labute approximate surface area is 106 Å². The molecule has 1 aromatic rings. The Morgan fingerprint density at radius 3 is 2.20 bits per heavy atom. The highest BCUT2D eigenvalue weighted by atomic mass is 79.9. The molecule has 0 spiro atoms. The molecule has 0 amide bonds. The summed E-state index contributed by atoms with van der Waals surface area (Å²) in [5.74, 6) is -0.833. The van der Waals surface area contributed by atoms with E-state index in [2.05, 4.69) is 31.9 Å². The molecule has 0 saturated carbocycles. The van der Waals surface area contributed by atoms with E-state index in [0.717, 1.165) is 32.7 Å². The van der Waals surface area contributed by atoms with Crippen molar-refractivity contribution in [3.05, 3.63) is 26.1 Å². The molecule has 0 aliphatic carbocycles. The molecule has 1 aromatic carbocycles. The van der Waals surface area contributed by atoms with Crippen LogP contribution < -0.4 is 5.73 Å². The van der Waals surface area contributed by atoms with Crippen molar-refractivity contribution in [2.75, 3.05) is 5.73 Å². The van der Waals surface area contributed by atoms with Crippen LogP contribution >= 0.6 is 31.9 Å². The van der Waals surface area contributed by atoms with Crippen LogP contribution in [0.2, 0.25) is 0 Å². The number of anilines is 1. The lowest BCUT2D eigenvalue weighted by molar-refractivity contribution is -0.134. The van der Waals surface area contributed by atoms with Crippen molar-refractivity contribution in [3.8, 4) is 0 Å². The third kappa shape index (κ3) is 4.66. The number of aliphatic carboxylic acids is 1. The zero-order valence-electron chi connectivity index (χ0n) is 8.77. The van der Waals surface area contributed by atoms with E-state index in [1.54, 1.807) is 0 Å². The van der Waals surface area contributed by atoms with E-state index in [9.17, 15) is 0 Å². The predicted molar refractivity (Wildman–Crippen MR) is 69.0 cm³/mol. The third-order valence-corrected chi connectivity index (χ3v) is 3.54. The van der Waals surface area contributed by atoms with Gasteiger partial charge in [-0.1, -0.05) is 15.9 Å². The van der Waals surface area contributed by atoms with E-state index in [1.807, 2.05) is 19.9 Å². The quantitative estimate of drug-likeness (QED) is 0.711. The lowest BCUT2D eigenvalue weighted by Crippen LogP contribution is -1.93. The van der Waals surface area contributed by atoms with Crippen LogP contribution in [0, 0.1) is 13.8 Å². The van der Waals surface area contributed by atoms with Gasteiger partial charge in [0.25, 0.3) is 5.97 Å². The molecule has 0 heterocycles.